The summed E-state index contributed by atoms with van der Waals surface area (Å²) in [5.41, 5.74) is 11.3. The molecule has 2 nitrogen and oxygen atoms in total. The summed E-state index contributed by atoms with van der Waals surface area (Å²) in [6.45, 7) is 6.50. The van der Waals surface area contributed by atoms with Gasteiger partial charge in [0.2, 0.25) is 0 Å². The van der Waals surface area contributed by atoms with Crippen LogP contribution in [0.2, 0.25) is 5.02 Å². The first-order chi connectivity index (χ1) is 9.93. The summed E-state index contributed by atoms with van der Waals surface area (Å²) in [5, 5.41) is 11.5. The van der Waals surface area contributed by atoms with Crippen LogP contribution in [-0.2, 0) is 0 Å². The lowest BCUT2D eigenvalue weighted by atomic mass is 9.85. The zero-order chi connectivity index (χ0) is 15.6. The Hall–Kier alpha value is -1.35. The highest BCUT2D eigenvalue weighted by molar-refractivity contribution is 6.30. The molecule has 0 aliphatic carbocycles. The van der Waals surface area contributed by atoms with E-state index >= 15 is 0 Å². The molecule has 2 unspecified atom stereocenters. The first-order valence-corrected chi connectivity index (χ1v) is 7.53. The number of benzene rings is 2. The average molecular weight is 304 g/mol. The van der Waals surface area contributed by atoms with Crippen LogP contribution in [0.1, 0.15) is 39.8 Å². The van der Waals surface area contributed by atoms with Gasteiger partial charge >= 0.3 is 0 Å². The monoisotopic (exact) mass is 303 g/mol. The molecular weight excluding hydrogens is 282 g/mol. The van der Waals surface area contributed by atoms with E-state index in [1.54, 1.807) is 0 Å². The smallest absolute Gasteiger partial charge is 0.0875 e. The van der Waals surface area contributed by atoms with Crippen LogP contribution < -0.4 is 5.73 Å². The lowest BCUT2D eigenvalue weighted by Crippen LogP contribution is -2.21. The molecule has 2 aromatic carbocycles. The zero-order valence-corrected chi connectivity index (χ0v) is 13.5. The van der Waals surface area contributed by atoms with Crippen LogP contribution in [0.3, 0.4) is 0 Å². The Morgan fingerprint density at radius 3 is 2.24 bits per heavy atom. The number of nitrogens with two attached hydrogens (primary N) is 1. The minimum Gasteiger partial charge on any atom is -0.388 e. The van der Waals surface area contributed by atoms with Crippen LogP contribution in [0, 0.1) is 20.8 Å². The molecule has 21 heavy (non-hydrogen) atoms. The molecule has 0 heterocycles. The van der Waals surface area contributed by atoms with Gasteiger partial charge in [-0.2, -0.15) is 0 Å². The Kier molecular flexibility index (Phi) is 5.04. The number of aryl methyl sites for hydroxylation is 3. The van der Waals surface area contributed by atoms with E-state index in [0.717, 1.165) is 22.3 Å². The highest BCUT2D eigenvalue weighted by atomic mass is 35.5. The SMILES string of the molecule is Cc1cc(C)c(C(O)C(CN)c2cccc(Cl)c2)c(C)c1. The van der Waals surface area contributed by atoms with Crippen molar-refractivity contribution in [1.29, 1.82) is 0 Å². The quantitative estimate of drug-likeness (QED) is 0.895. The average Bonchev–Trinajstić information content (AvgIpc) is 2.38. The second-order valence-corrected chi connectivity index (χ2v) is 6.09. The zero-order valence-electron chi connectivity index (χ0n) is 12.7. The number of aliphatic hydroxyl groups excluding tert-OH is 1. The molecule has 0 aromatic heterocycles. The van der Waals surface area contributed by atoms with E-state index in [1.807, 2.05) is 38.1 Å². The van der Waals surface area contributed by atoms with E-state index in [-0.39, 0.29) is 5.92 Å². The first kappa shape index (κ1) is 16.0. The van der Waals surface area contributed by atoms with E-state index in [9.17, 15) is 5.11 Å². The van der Waals surface area contributed by atoms with Crippen molar-refractivity contribution in [3.63, 3.8) is 0 Å². The summed E-state index contributed by atoms with van der Waals surface area (Å²) in [4.78, 5) is 0. The number of halogens is 1. The molecule has 0 saturated carbocycles. The summed E-state index contributed by atoms with van der Waals surface area (Å²) >= 11 is 6.06. The van der Waals surface area contributed by atoms with Crippen molar-refractivity contribution in [2.75, 3.05) is 6.54 Å². The molecule has 2 rings (SSSR count). The van der Waals surface area contributed by atoms with E-state index in [0.29, 0.717) is 11.6 Å². The summed E-state index contributed by atoms with van der Waals surface area (Å²) in [5.74, 6) is -0.163. The predicted octanol–water partition coefficient (Wildman–Crippen LogP) is 4.04. The van der Waals surface area contributed by atoms with Crippen molar-refractivity contribution in [3.05, 3.63) is 69.2 Å². The normalized spacial score (nSPS) is 14.0. The van der Waals surface area contributed by atoms with Crippen molar-refractivity contribution in [2.24, 2.45) is 5.73 Å². The van der Waals surface area contributed by atoms with Gasteiger partial charge in [-0.1, -0.05) is 41.4 Å². The van der Waals surface area contributed by atoms with Crippen LogP contribution in [0.15, 0.2) is 36.4 Å². The fourth-order valence-electron chi connectivity index (χ4n) is 3.04. The van der Waals surface area contributed by atoms with E-state index in [1.165, 1.54) is 5.56 Å². The lowest BCUT2D eigenvalue weighted by Gasteiger charge is -2.25. The van der Waals surface area contributed by atoms with E-state index < -0.39 is 6.10 Å². The minimum atomic E-state index is -0.630. The largest absolute Gasteiger partial charge is 0.388 e. The van der Waals surface area contributed by atoms with Crippen LogP contribution >= 0.6 is 11.6 Å². The van der Waals surface area contributed by atoms with Crippen molar-refractivity contribution >= 4 is 11.6 Å². The fourth-order valence-corrected chi connectivity index (χ4v) is 3.24. The molecule has 0 saturated heterocycles. The first-order valence-electron chi connectivity index (χ1n) is 7.15. The molecule has 2 aromatic rings. The van der Waals surface area contributed by atoms with Crippen molar-refractivity contribution < 1.29 is 5.11 Å². The van der Waals surface area contributed by atoms with Gasteiger partial charge < -0.3 is 10.8 Å². The Morgan fingerprint density at radius 1 is 1.10 bits per heavy atom. The van der Waals surface area contributed by atoms with Crippen molar-refractivity contribution in [2.45, 2.75) is 32.8 Å². The van der Waals surface area contributed by atoms with E-state index in [2.05, 4.69) is 19.1 Å². The second-order valence-electron chi connectivity index (χ2n) is 5.65. The predicted molar refractivity (Wildman–Crippen MR) is 88.9 cm³/mol. The Morgan fingerprint density at radius 2 is 1.71 bits per heavy atom. The van der Waals surface area contributed by atoms with Gasteiger partial charge in [0.1, 0.15) is 0 Å². The molecule has 112 valence electrons. The number of hydrogen-bond acceptors (Lipinski definition) is 2. The molecule has 0 bridgehead atoms. The maximum Gasteiger partial charge on any atom is 0.0875 e. The standard InChI is InChI=1S/C18H22ClNO/c1-11-7-12(2)17(13(3)8-11)18(21)16(10-20)14-5-4-6-15(19)9-14/h4-9,16,18,21H,10,20H2,1-3H3. The third-order valence-electron chi connectivity index (χ3n) is 3.95. The molecule has 2 atom stereocenters. The maximum absolute atomic E-state index is 10.9. The number of hydrogen-bond donors (Lipinski definition) is 2. The van der Waals surface area contributed by atoms with Gasteiger partial charge in [-0.05, 0) is 55.2 Å². The molecule has 0 aliphatic heterocycles. The molecular formula is C18H22ClNO. The molecule has 0 radical (unpaired) electrons. The third kappa shape index (κ3) is 3.46. The maximum atomic E-state index is 10.9. The van der Waals surface area contributed by atoms with Gasteiger partial charge in [0.15, 0.2) is 0 Å². The molecule has 3 heteroatoms. The van der Waals surface area contributed by atoms with Crippen molar-refractivity contribution in [1.82, 2.24) is 0 Å². The summed E-state index contributed by atoms with van der Waals surface area (Å²) in [7, 11) is 0. The Bertz CT molecular complexity index is 616. The van der Waals surface area contributed by atoms with Gasteiger partial charge in [0.25, 0.3) is 0 Å². The third-order valence-corrected chi connectivity index (χ3v) is 4.18. The Balaban J connectivity index is 2.44. The van der Waals surface area contributed by atoms with Crippen LogP contribution in [-0.4, -0.2) is 11.7 Å². The number of aliphatic hydroxyl groups is 1. The second kappa shape index (κ2) is 6.61. The van der Waals surface area contributed by atoms with Crippen LogP contribution in [0.25, 0.3) is 0 Å². The van der Waals surface area contributed by atoms with Gasteiger partial charge in [-0.3, -0.25) is 0 Å². The van der Waals surface area contributed by atoms with Gasteiger partial charge in [0.05, 0.1) is 6.10 Å². The molecule has 3 N–H and O–H groups in total. The summed E-state index contributed by atoms with van der Waals surface area (Å²) < 4.78 is 0. The topological polar surface area (TPSA) is 46.2 Å². The number of rotatable bonds is 4. The summed E-state index contributed by atoms with van der Waals surface area (Å²) in [6, 6.07) is 11.7. The van der Waals surface area contributed by atoms with Gasteiger partial charge in [-0.15, -0.1) is 0 Å². The van der Waals surface area contributed by atoms with Gasteiger partial charge in [-0.25, -0.2) is 0 Å². The van der Waals surface area contributed by atoms with Crippen LogP contribution in [0.4, 0.5) is 0 Å². The Labute approximate surface area is 131 Å². The fraction of sp³-hybridized carbons (Fsp3) is 0.333. The molecule has 0 amide bonds. The van der Waals surface area contributed by atoms with Crippen molar-refractivity contribution in [3.8, 4) is 0 Å². The highest BCUT2D eigenvalue weighted by Gasteiger charge is 2.24. The van der Waals surface area contributed by atoms with Crippen LogP contribution in [0.5, 0.6) is 0 Å². The molecule has 0 spiro atoms. The molecule has 0 aliphatic rings. The highest BCUT2D eigenvalue weighted by Crippen LogP contribution is 2.35. The summed E-state index contributed by atoms with van der Waals surface area (Å²) in [6.07, 6.45) is -0.630. The molecule has 0 fully saturated rings. The minimum absolute atomic E-state index is 0.163. The van der Waals surface area contributed by atoms with E-state index in [4.69, 9.17) is 17.3 Å². The van der Waals surface area contributed by atoms with Gasteiger partial charge in [0, 0.05) is 17.5 Å². The lowest BCUT2D eigenvalue weighted by molar-refractivity contribution is 0.146.